The SMILES string of the molecule is Cc1ccc(N)cc1S(=O)(=O)Nc1ccc(C#N)cc1Cl. The molecule has 0 aliphatic rings. The lowest BCUT2D eigenvalue weighted by atomic mass is 10.2. The summed E-state index contributed by atoms with van der Waals surface area (Å²) in [5, 5.41) is 8.92. The van der Waals surface area contributed by atoms with E-state index in [2.05, 4.69) is 4.72 Å². The van der Waals surface area contributed by atoms with Crippen molar-refractivity contribution in [3.05, 3.63) is 52.5 Å². The molecule has 5 nitrogen and oxygen atoms in total. The molecule has 21 heavy (non-hydrogen) atoms. The molecule has 0 aliphatic heterocycles. The number of hydrogen-bond acceptors (Lipinski definition) is 4. The fourth-order valence-electron chi connectivity index (χ4n) is 1.77. The smallest absolute Gasteiger partial charge is 0.262 e. The highest BCUT2D eigenvalue weighted by molar-refractivity contribution is 7.92. The molecule has 0 saturated carbocycles. The maximum atomic E-state index is 12.4. The number of nitrogens with one attached hydrogen (secondary N) is 1. The van der Waals surface area contributed by atoms with Crippen LogP contribution < -0.4 is 10.5 Å². The van der Waals surface area contributed by atoms with E-state index in [1.165, 1.54) is 24.3 Å². The number of halogens is 1. The highest BCUT2D eigenvalue weighted by Crippen LogP contribution is 2.27. The molecule has 0 radical (unpaired) electrons. The minimum absolute atomic E-state index is 0.0860. The summed E-state index contributed by atoms with van der Waals surface area (Å²) in [5.41, 5.74) is 7.11. The average molecular weight is 322 g/mol. The largest absolute Gasteiger partial charge is 0.399 e. The molecule has 7 heteroatoms. The van der Waals surface area contributed by atoms with E-state index in [4.69, 9.17) is 22.6 Å². The van der Waals surface area contributed by atoms with Crippen LogP contribution >= 0.6 is 11.6 Å². The molecule has 108 valence electrons. The zero-order chi connectivity index (χ0) is 15.6. The van der Waals surface area contributed by atoms with Gasteiger partial charge in [0, 0.05) is 5.69 Å². The molecule has 0 unspecified atom stereocenters. The Hall–Kier alpha value is -2.23. The maximum absolute atomic E-state index is 12.4. The maximum Gasteiger partial charge on any atom is 0.262 e. The molecule has 0 aromatic heterocycles. The van der Waals surface area contributed by atoms with E-state index >= 15 is 0 Å². The highest BCUT2D eigenvalue weighted by atomic mass is 35.5. The molecule has 0 atom stereocenters. The summed E-state index contributed by atoms with van der Waals surface area (Å²) in [7, 11) is -3.81. The summed E-state index contributed by atoms with van der Waals surface area (Å²) >= 11 is 5.97. The third-order valence-electron chi connectivity index (χ3n) is 2.84. The van der Waals surface area contributed by atoms with Gasteiger partial charge in [-0.1, -0.05) is 17.7 Å². The molecule has 2 rings (SSSR count). The molecule has 0 aliphatic carbocycles. The number of anilines is 2. The second kappa shape index (κ2) is 5.64. The monoisotopic (exact) mass is 321 g/mol. The van der Waals surface area contributed by atoms with Crippen LogP contribution in [0.2, 0.25) is 5.02 Å². The van der Waals surface area contributed by atoms with Crippen molar-refractivity contribution in [1.29, 1.82) is 5.26 Å². The topological polar surface area (TPSA) is 96.0 Å². The van der Waals surface area contributed by atoms with Crippen LogP contribution in [0.5, 0.6) is 0 Å². The molecule has 0 heterocycles. The molecule has 2 aromatic carbocycles. The van der Waals surface area contributed by atoms with E-state index in [0.717, 1.165) is 0 Å². The van der Waals surface area contributed by atoms with Crippen LogP contribution in [-0.2, 0) is 10.0 Å². The zero-order valence-corrected chi connectivity index (χ0v) is 12.7. The summed E-state index contributed by atoms with van der Waals surface area (Å²) in [6.45, 7) is 1.67. The third kappa shape index (κ3) is 3.27. The fourth-order valence-corrected chi connectivity index (χ4v) is 3.42. The molecule has 3 N–H and O–H groups in total. The first-order chi connectivity index (χ1) is 9.83. The molecule has 0 saturated heterocycles. The summed E-state index contributed by atoms with van der Waals surface area (Å²) in [4.78, 5) is 0.0860. The predicted octanol–water partition coefficient (Wildman–Crippen LogP) is 2.90. The molecule has 2 aromatic rings. The summed E-state index contributed by atoms with van der Waals surface area (Å²) in [5.74, 6) is 0. The number of nitrogens with two attached hydrogens (primary N) is 1. The van der Waals surface area contributed by atoms with Crippen molar-refractivity contribution in [2.24, 2.45) is 0 Å². The van der Waals surface area contributed by atoms with Crippen molar-refractivity contribution in [3.8, 4) is 6.07 Å². The van der Waals surface area contributed by atoms with Gasteiger partial charge in [0.1, 0.15) is 0 Å². The molecule has 0 fully saturated rings. The number of hydrogen-bond donors (Lipinski definition) is 2. The first-order valence-corrected chi connectivity index (χ1v) is 7.78. The van der Waals surface area contributed by atoms with Gasteiger partial charge < -0.3 is 5.73 Å². The Bertz CT molecular complexity index is 842. The van der Waals surface area contributed by atoms with Crippen LogP contribution in [0.25, 0.3) is 0 Å². The van der Waals surface area contributed by atoms with Crippen LogP contribution in [0, 0.1) is 18.3 Å². The molecule has 0 spiro atoms. The van der Waals surface area contributed by atoms with Gasteiger partial charge in [-0.2, -0.15) is 5.26 Å². The van der Waals surface area contributed by atoms with Crippen molar-refractivity contribution < 1.29 is 8.42 Å². The third-order valence-corrected chi connectivity index (χ3v) is 4.66. The normalized spacial score (nSPS) is 10.9. The van der Waals surface area contributed by atoms with E-state index in [-0.39, 0.29) is 15.6 Å². The zero-order valence-electron chi connectivity index (χ0n) is 11.1. The van der Waals surface area contributed by atoms with E-state index in [9.17, 15) is 8.42 Å². The van der Waals surface area contributed by atoms with E-state index in [1.54, 1.807) is 19.1 Å². The van der Waals surface area contributed by atoms with Gasteiger partial charge in [-0.3, -0.25) is 4.72 Å². The van der Waals surface area contributed by atoms with Crippen molar-refractivity contribution in [3.63, 3.8) is 0 Å². The molecule has 0 amide bonds. The van der Waals surface area contributed by atoms with Crippen molar-refractivity contribution in [2.75, 3.05) is 10.5 Å². The van der Waals surface area contributed by atoms with Crippen LogP contribution in [0.1, 0.15) is 11.1 Å². The van der Waals surface area contributed by atoms with Gasteiger partial charge in [0.2, 0.25) is 0 Å². The number of aryl methyl sites for hydroxylation is 1. The lowest BCUT2D eigenvalue weighted by Gasteiger charge is -2.12. The average Bonchev–Trinajstić information content (AvgIpc) is 2.43. The van der Waals surface area contributed by atoms with Crippen molar-refractivity contribution in [1.82, 2.24) is 0 Å². The van der Waals surface area contributed by atoms with Crippen LogP contribution in [0.4, 0.5) is 11.4 Å². The van der Waals surface area contributed by atoms with Gasteiger partial charge in [-0.25, -0.2) is 8.42 Å². The van der Waals surface area contributed by atoms with Gasteiger partial charge in [0.05, 0.1) is 27.2 Å². The number of nitrogens with zero attached hydrogens (tertiary/aromatic N) is 1. The van der Waals surface area contributed by atoms with Gasteiger partial charge in [-0.05, 0) is 42.8 Å². The van der Waals surface area contributed by atoms with E-state index in [0.29, 0.717) is 16.8 Å². The summed E-state index contributed by atoms with van der Waals surface area (Å²) in [6, 6.07) is 10.9. The lowest BCUT2D eigenvalue weighted by molar-refractivity contribution is 0.600. The Morgan fingerprint density at radius 2 is 1.95 bits per heavy atom. The van der Waals surface area contributed by atoms with Crippen LogP contribution in [-0.4, -0.2) is 8.42 Å². The van der Waals surface area contributed by atoms with E-state index in [1.807, 2.05) is 6.07 Å². The predicted molar refractivity (Wildman–Crippen MR) is 82.6 cm³/mol. The van der Waals surface area contributed by atoms with Crippen molar-refractivity contribution >= 4 is 33.0 Å². The number of rotatable bonds is 3. The Kier molecular flexibility index (Phi) is 4.07. The quantitative estimate of drug-likeness (QED) is 0.849. The number of nitrogen functional groups attached to an aromatic ring is 1. The van der Waals surface area contributed by atoms with Gasteiger partial charge >= 0.3 is 0 Å². The number of nitriles is 1. The Labute approximate surface area is 128 Å². The van der Waals surface area contributed by atoms with Crippen LogP contribution in [0.3, 0.4) is 0 Å². The molecule has 0 bridgehead atoms. The first-order valence-electron chi connectivity index (χ1n) is 5.92. The second-order valence-corrected chi connectivity index (χ2v) is 6.49. The molecular weight excluding hydrogens is 310 g/mol. The van der Waals surface area contributed by atoms with E-state index < -0.39 is 10.0 Å². The minimum Gasteiger partial charge on any atom is -0.399 e. The highest BCUT2D eigenvalue weighted by Gasteiger charge is 2.18. The summed E-state index contributed by atoms with van der Waals surface area (Å²) < 4.78 is 27.2. The van der Waals surface area contributed by atoms with Gasteiger partial charge in [0.25, 0.3) is 10.0 Å². The lowest BCUT2D eigenvalue weighted by Crippen LogP contribution is -2.15. The fraction of sp³-hybridized carbons (Fsp3) is 0.0714. The van der Waals surface area contributed by atoms with Gasteiger partial charge in [0.15, 0.2) is 0 Å². The van der Waals surface area contributed by atoms with Crippen molar-refractivity contribution in [2.45, 2.75) is 11.8 Å². The first kappa shape index (κ1) is 15.2. The Morgan fingerprint density at radius 3 is 2.57 bits per heavy atom. The summed E-state index contributed by atoms with van der Waals surface area (Å²) in [6.07, 6.45) is 0. The standard InChI is InChI=1S/C14H12ClN3O2S/c1-9-2-4-11(17)7-14(9)21(19,20)18-13-5-3-10(8-16)6-12(13)15/h2-7,18H,17H2,1H3. The van der Waals surface area contributed by atoms with Gasteiger partial charge in [-0.15, -0.1) is 0 Å². The second-order valence-electron chi connectivity index (χ2n) is 4.44. The molecular formula is C14H12ClN3O2S. The van der Waals surface area contributed by atoms with Crippen LogP contribution in [0.15, 0.2) is 41.3 Å². The number of benzene rings is 2. The Balaban J connectivity index is 2.43. The minimum atomic E-state index is -3.81. The number of sulfonamides is 1. The Morgan fingerprint density at radius 1 is 1.24 bits per heavy atom.